The van der Waals surface area contributed by atoms with Crippen LogP contribution in [-0.2, 0) is 24.2 Å². The average molecular weight is 355 g/mol. The first kappa shape index (κ1) is 18.1. The van der Waals surface area contributed by atoms with Crippen LogP contribution in [-0.4, -0.2) is 43.9 Å². The molecule has 6 nitrogen and oxygen atoms in total. The molecule has 0 radical (unpaired) electrons. The molecule has 0 aliphatic carbocycles. The highest BCUT2D eigenvalue weighted by Gasteiger charge is 2.39. The molecule has 1 aromatic rings. The highest BCUT2D eigenvalue weighted by atomic mass is 32.2. The lowest BCUT2D eigenvalue weighted by Gasteiger charge is -2.23. The number of amides is 1. The first-order chi connectivity index (χ1) is 11.2. The number of esters is 1. The summed E-state index contributed by atoms with van der Waals surface area (Å²) in [6.07, 6.45) is 2.90. The molecule has 1 aliphatic heterocycles. The number of hydrogen-bond donors (Lipinski definition) is 1. The fraction of sp³-hybridized carbons (Fsp3) is 0.375. The van der Waals surface area contributed by atoms with Gasteiger partial charge in [0.2, 0.25) is 0 Å². The van der Waals surface area contributed by atoms with Crippen molar-refractivity contribution in [2.45, 2.75) is 18.9 Å². The standard InChI is InChI=1S/C16H18FNO5S/c1-16(8-9-24(21,22)11-16)18-14(19)10-23-15(20)7-4-12-2-5-13(17)6-3-12/h2-7H,8-11H2,1H3,(H,18,19)/b7-4+/t16-/m1/s1. The number of rotatable bonds is 5. The van der Waals surface area contributed by atoms with E-state index in [1.807, 2.05) is 0 Å². The number of halogens is 1. The van der Waals surface area contributed by atoms with Gasteiger partial charge in [0.15, 0.2) is 16.4 Å². The van der Waals surface area contributed by atoms with E-state index in [4.69, 9.17) is 4.74 Å². The second kappa shape index (κ2) is 7.12. The fourth-order valence-electron chi connectivity index (χ4n) is 2.40. The van der Waals surface area contributed by atoms with Crippen LogP contribution >= 0.6 is 0 Å². The minimum atomic E-state index is -3.13. The van der Waals surface area contributed by atoms with Gasteiger partial charge in [0.25, 0.3) is 5.91 Å². The molecular weight excluding hydrogens is 337 g/mol. The van der Waals surface area contributed by atoms with Gasteiger partial charge in [0.05, 0.1) is 17.0 Å². The third-order valence-electron chi connectivity index (χ3n) is 3.57. The third kappa shape index (κ3) is 5.45. The van der Waals surface area contributed by atoms with Crippen molar-refractivity contribution < 1.29 is 27.1 Å². The van der Waals surface area contributed by atoms with Crippen LogP contribution in [0.2, 0.25) is 0 Å². The van der Waals surface area contributed by atoms with Gasteiger partial charge in [0.1, 0.15) is 5.82 Å². The van der Waals surface area contributed by atoms with Gasteiger partial charge in [-0.05, 0) is 37.1 Å². The lowest BCUT2D eigenvalue weighted by molar-refractivity contribution is -0.144. The third-order valence-corrected chi connectivity index (χ3v) is 5.48. The highest BCUT2D eigenvalue weighted by molar-refractivity contribution is 7.91. The molecule has 1 fully saturated rings. The Morgan fingerprint density at radius 3 is 2.58 bits per heavy atom. The molecule has 0 aromatic heterocycles. The number of nitrogens with one attached hydrogen (secondary N) is 1. The molecular formula is C16H18FNO5S. The molecule has 24 heavy (non-hydrogen) atoms. The summed E-state index contributed by atoms with van der Waals surface area (Å²) in [6, 6.07) is 5.50. The smallest absolute Gasteiger partial charge is 0.331 e. The Hall–Kier alpha value is -2.22. The molecule has 0 spiro atoms. The predicted molar refractivity (Wildman–Crippen MR) is 86.2 cm³/mol. The van der Waals surface area contributed by atoms with Gasteiger partial charge in [-0.15, -0.1) is 0 Å². The first-order valence-corrected chi connectivity index (χ1v) is 9.11. The number of benzene rings is 1. The Labute approximate surface area is 139 Å². The van der Waals surface area contributed by atoms with Crippen LogP contribution in [0.15, 0.2) is 30.3 Å². The number of carbonyl (C=O) groups excluding carboxylic acids is 2. The van der Waals surface area contributed by atoms with Crippen LogP contribution in [0.25, 0.3) is 6.08 Å². The zero-order valence-electron chi connectivity index (χ0n) is 13.1. The maximum absolute atomic E-state index is 12.7. The Morgan fingerprint density at radius 1 is 1.33 bits per heavy atom. The number of sulfone groups is 1. The van der Waals surface area contributed by atoms with Crippen molar-refractivity contribution in [2.75, 3.05) is 18.1 Å². The molecule has 0 saturated carbocycles. The van der Waals surface area contributed by atoms with Crippen molar-refractivity contribution in [3.8, 4) is 0 Å². The summed E-state index contributed by atoms with van der Waals surface area (Å²) in [4.78, 5) is 23.3. The average Bonchev–Trinajstić information content (AvgIpc) is 2.78. The summed E-state index contributed by atoms with van der Waals surface area (Å²) in [5.41, 5.74) is -0.215. The van der Waals surface area contributed by atoms with E-state index in [0.29, 0.717) is 12.0 Å². The lowest BCUT2D eigenvalue weighted by Crippen LogP contribution is -2.48. The molecule has 0 unspecified atom stereocenters. The molecule has 0 bridgehead atoms. The number of ether oxygens (including phenoxy) is 1. The highest BCUT2D eigenvalue weighted by Crippen LogP contribution is 2.22. The van der Waals surface area contributed by atoms with E-state index in [1.165, 1.54) is 30.3 Å². The zero-order chi connectivity index (χ0) is 17.8. The van der Waals surface area contributed by atoms with Gasteiger partial charge in [-0.25, -0.2) is 17.6 Å². The van der Waals surface area contributed by atoms with Crippen LogP contribution < -0.4 is 5.32 Å². The van der Waals surface area contributed by atoms with Crippen molar-refractivity contribution in [1.29, 1.82) is 0 Å². The van der Waals surface area contributed by atoms with Gasteiger partial charge in [-0.2, -0.15) is 0 Å². The van der Waals surface area contributed by atoms with Crippen LogP contribution in [0.5, 0.6) is 0 Å². The molecule has 1 heterocycles. The van der Waals surface area contributed by atoms with Crippen LogP contribution in [0.1, 0.15) is 18.9 Å². The minimum absolute atomic E-state index is 0.0317. The van der Waals surface area contributed by atoms with Crippen LogP contribution in [0.3, 0.4) is 0 Å². The Bertz CT molecular complexity index is 757. The topological polar surface area (TPSA) is 89.5 Å². The molecule has 1 aliphatic rings. The van der Waals surface area contributed by atoms with Crippen molar-refractivity contribution in [2.24, 2.45) is 0 Å². The normalized spacial score (nSPS) is 22.4. The van der Waals surface area contributed by atoms with Gasteiger partial charge < -0.3 is 10.1 Å². The molecule has 1 atom stereocenters. The van der Waals surface area contributed by atoms with Crippen molar-refractivity contribution in [1.82, 2.24) is 5.32 Å². The van der Waals surface area contributed by atoms with E-state index in [1.54, 1.807) is 6.92 Å². The molecule has 130 valence electrons. The molecule has 1 saturated heterocycles. The molecule has 8 heteroatoms. The lowest BCUT2D eigenvalue weighted by atomic mass is 10.0. The van der Waals surface area contributed by atoms with Gasteiger partial charge >= 0.3 is 5.97 Å². The summed E-state index contributed by atoms with van der Waals surface area (Å²) in [6.45, 7) is 1.15. The van der Waals surface area contributed by atoms with Crippen molar-refractivity contribution in [3.05, 3.63) is 41.7 Å². The van der Waals surface area contributed by atoms with E-state index >= 15 is 0 Å². The van der Waals surface area contributed by atoms with E-state index in [-0.39, 0.29) is 17.3 Å². The quantitative estimate of drug-likeness (QED) is 0.630. The fourth-order valence-corrected chi connectivity index (χ4v) is 4.50. The zero-order valence-corrected chi connectivity index (χ0v) is 13.9. The van der Waals surface area contributed by atoms with Gasteiger partial charge in [0, 0.05) is 6.08 Å². The predicted octanol–water partition coefficient (Wildman–Crippen LogP) is 1.08. The van der Waals surface area contributed by atoms with Crippen LogP contribution in [0.4, 0.5) is 4.39 Å². The monoisotopic (exact) mass is 355 g/mol. The Balaban J connectivity index is 1.79. The number of hydrogen-bond acceptors (Lipinski definition) is 5. The first-order valence-electron chi connectivity index (χ1n) is 7.29. The Kier molecular flexibility index (Phi) is 5.38. The van der Waals surface area contributed by atoms with Crippen LogP contribution in [0, 0.1) is 5.82 Å². The van der Waals surface area contributed by atoms with E-state index in [0.717, 1.165) is 6.08 Å². The maximum atomic E-state index is 12.7. The summed E-state index contributed by atoms with van der Waals surface area (Å²) < 4.78 is 40.5. The summed E-state index contributed by atoms with van der Waals surface area (Å²) in [5.74, 6) is -1.75. The molecule has 1 amide bonds. The van der Waals surface area contributed by atoms with Crippen molar-refractivity contribution >= 4 is 27.8 Å². The largest absolute Gasteiger partial charge is 0.452 e. The Morgan fingerprint density at radius 2 is 2.00 bits per heavy atom. The van der Waals surface area contributed by atoms with Gasteiger partial charge in [-0.3, -0.25) is 4.79 Å². The minimum Gasteiger partial charge on any atom is -0.452 e. The van der Waals surface area contributed by atoms with E-state index in [9.17, 15) is 22.4 Å². The molecule has 1 N–H and O–H groups in total. The van der Waals surface area contributed by atoms with Crippen molar-refractivity contribution in [3.63, 3.8) is 0 Å². The molecule has 2 rings (SSSR count). The van der Waals surface area contributed by atoms with E-state index < -0.39 is 33.9 Å². The maximum Gasteiger partial charge on any atom is 0.331 e. The SMILES string of the molecule is C[C@@]1(NC(=O)COC(=O)/C=C/c2ccc(F)cc2)CCS(=O)(=O)C1. The number of carbonyl (C=O) groups is 2. The molecule has 1 aromatic carbocycles. The second-order valence-electron chi connectivity index (χ2n) is 5.94. The van der Waals surface area contributed by atoms with Gasteiger partial charge in [-0.1, -0.05) is 12.1 Å². The second-order valence-corrected chi connectivity index (χ2v) is 8.13. The summed E-state index contributed by atoms with van der Waals surface area (Å²) in [7, 11) is -3.13. The van der Waals surface area contributed by atoms with E-state index in [2.05, 4.69) is 5.32 Å². The summed E-state index contributed by atoms with van der Waals surface area (Å²) >= 11 is 0. The summed E-state index contributed by atoms with van der Waals surface area (Å²) in [5, 5.41) is 2.59.